The Morgan fingerprint density at radius 3 is 2.24 bits per heavy atom. The predicted molar refractivity (Wildman–Crippen MR) is 54.5 cm³/mol. The zero-order valence-electron chi connectivity index (χ0n) is 9.08. The third-order valence-corrected chi connectivity index (χ3v) is 3.37. The minimum Gasteiger partial charge on any atom is -0.481 e. The van der Waals surface area contributed by atoms with Gasteiger partial charge in [0.05, 0.1) is 11.0 Å². The molecule has 0 radical (unpaired) electrons. The number of alkyl halides is 3. The summed E-state index contributed by atoms with van der Waals surface area (Å²) in [4.78, 5) is 10.9. The van der Waals surface area contributed by atoms with Crippen LogP contribution in [0.1, 0.15) is 30.4 Å². The molecule has 1 aliphatic carbocycles. The second-order valence-electron chi connectivity index (χ2n) is 4.60. The van der Waals surface area contributed by atoms with E-state index >= 15 is 0 Å². The van der Waals surface area contributed by atoms with Gasteiger partial charge in [-0.2, -0.15) is 13.2 Å². The van der Waals surface area contributed by atoms with E-state index in [4.69, 9.17) is 5.11 Å². The highest BCUT2D eigenvalue weighted by molar-refractivity contribution is 5.80. The van der Waals surface area contributed by atoms with Crippen molar-refractivity contribution in [3.8, 4) is 0 Å². The Bertz CT molecular complexity index is 450. The molecule has 0 aromatic heterocycles. The van der Waals surface area contributed by atoms with E-state index in [1.165, 1.54) is 12.1 Å². The predicted octanol–water partition coefficient (Wildman–Crippen LogP) is 3.28. The molecule has 0 unspecified atom stereocenters. The molecule has 5 heteroatoms. The molecule has 2 atom stereocenters. The standard InChI is InChI=1S/C12H11F3O2/c1-11(10(16)17)6-9(11)7-2-4-8(5-3-7)12(13,14)15/h2-5,9H,6H2,1H3,(H,16,17)/t9-,11+/m0/s1. The number of hydrogen-bond acceptors (Lipinski definition) is 1. The largest absolute Gasteiger partial charge is 0.481 e. The van der Waals surface area contributed by atoms with Crippen molar-refractivity contribution in [2.45, 2.75) is 25.4 Å². The van der Waals surface area contributed by atoms with Crippen molar-refractivity contribution in [2.24, 2.45) is 5.41 Å². The molecule has 2 rings (SSSR count). The van der Waals surface area contributed by atoms with E-state index in [-0.39, 0.29) is 5.92 Å². The zero-order valence-corrected chi connectivity index (χ0v) is 9.08. The van der Waals surface area contributed by atoms with Crippen molar-refractivity contribution >= 4 is 5.97 Å². The number of carbonyl (C=O) groups is 1. The summed E-state index contributed by atoms with van der Waals surface area (Å²) in [5.74, 6) is -1.08. The summed E-state index contributed by atoms with van der Waals surface area (Å²) in [7, 11) is 0. The first-order valence-electron chi connectivity index (χ1n) is 5.16. The lowest BCUT2D eigenvalue weighted by Gasteiger charge is -2.08. The van der Waals surface area contributed by atoms with Crippen LogP contribution in [-0.4, -0.2) is 11.1 Å². The summed E-state index contributed by atoms with van der Waals surface area (Å²) in [6.07, 6.45) is -3.87. The maximum atomic E-state index is 12.3. The number of halogens is 3. The smallest absolute Gasteiger partial charge is 0.416 e. The van der Waals surface area contributed by atoms with Crippen LogP contribution in [0.4, 0.5) is 13.2 Å². The van der Waals surface area contributed by atoms with Gasteiger partial charge in [0.25, 0.3) is 0 Å². The van der Waals surface area contributed by atoms with E-state index in [2.05, 4.69) is 0 Å². The summed E-state index contributed by atoms with van der Waals surface area (Å²) >= 11 is 0. The average molecular weight is 244 g/mol. The quantitative estimate of drug-likeness (QED) is 0.866. The average Bonchev–Trinajstić information content (AvgIpc) is 2.91. The first-order valence-corrected chi connectivity index (χ1v) is 5.16. The minimum atomic E-state index is -4.35. The molecule has 1 aliphatic rings. The van der Waals surface area contributed by atoms with Gasteiger partial charge in [0.15, 0.2) is 0 Å². The van der Waals surface area contributed by atoms with Gasteiger partial charge in [0.2, 0.25) is 0 Å². The Labute approximate surface area is 96.1 Å². The van der Waals surface area contributed by atoms with E-state index in [9.17, 15) is 18.0 Å². The van der Waals surface area contributed by atoms with Crippen LogP contribution in [-0.2, 0) is 11.0 Å². The van der Waals surface area contributed by atoms with Crippen LogP contribution in [0, 0.1) is 5.41 Å². The second kappa shape index (κ2) is 3.48. The molecule has 0 saturated heterocycles. The highest BCUT2D eigenvalue weighted by Crippen LogP contribution is 2.59. The first-order chi connectivity index (χ1) is 7.75. The Morgan fingerprint density at radius 1 is 1.35 bits per heavy atom. The fraction of sp³-hybridized carbons (Fsp3) is 0.417. The summed E-state index contributed by atoms with van der Waals surface area (Å²) in [6.45, 7) is 1.61. The van der Waals surface area contributed by atoms with E-state index in [0.29, 0.717) is 12.0 Å². The maximum absolute atomic E-state index is 12.3. The van der Waals surface area contributed by atoms with Crippen molar-refractivity contribution < 1.29 is 23.1 Å². The molecule has 0 spiro atoms. The summed E-state index contributed by atoms with van der Waals surface area (Å²) in [5, 5.41) is 8.95. The van der Waals surface area contributed by atoms with E-state index in [0.717, 1.165) is 12.1 Å². The van der Waals surface area contributed by atoms with Crippen LogP contribution in [0.5, 0.6) is 0 Å². The van der Waals surface area contributed by atoms with Crippen LogP contribution in [0.15, 0.2) is 24.3 Å². The molecule has 1 aromatic rings. The number of hydrogen-bond donors (Lipinski definition) is 1. The molecule has 0 bridgehead atoms. The summed E-state index contributed by atoms with van der Waals surface area (Å²) < 4.78 is 37.0. The van der Waals surface area contributed by atoms with Crippen molar-refractivity contribution in [3.05, 3.63) is 35.4 Å². The summed E-state index contributed by atoms with van der Waals surface area (Å²) in [5.41, 5.74) is -0.874. The molecular weight excluding hydrogens is 233 g/mol. The monoisotopic (exact) mass is 244 g/mol. The van der Waals surface area contributed by atoms with Crippen molar-refractivity contribution in [1.29, 1.82) is 0 Å². The molecule has 92 valence electrons. The van der Waals surface area contributed by atoms with Gasteiger partial charge in [0.1, 0.15) is 0 Å². The first kappa shape index (κ1) is 12.0. The molecule has 1 saturated carbocycles. The number of carboxylic acids is 1. The normalized spacial score (nSPS) is 27.9. The minimum absolute atomic E-state index is 0.178. The molecular formula is C12H11F3O2. The van der Waals surface area contributed by atoms with Gasteiger partial charge < -0.3 is 5.11 Å². The SMILES string of the molecule is C[C@@]1(C(=O)O)C[C@H]1c1ccc(C(F)(F)F)cc1. The van der Waals surface area contributed by atoms with Gasteiger partial charge in [0, 0.05) is 5.92 Å². The summed E-state index contributed by atoms with van der Waals surface area (Å²) in [6, 6.07) is 4.72. The Morgan fingerprint density at radius 2 is 1.88 bits per heavy atom. The van der Waals surface area contributed by atoms with Crippen molar-refractivity contribution in [3.63, 3.8) is 0 Å². The molecule has 2 nitrogen and oxygen atoms in total. The topological polar surface area (TPSA) is 37.3 Å². The van der Waals surface area contributed by atoms with Gasteiger partial charge in [-0.3, -0.25) is 4.79 Å². The third kappa shape index (κ3) is 2.01. The van der Waals surface area contributed by atoms with Gasteiger partial charge >= 0.3 is 12.1 Å². The van der Waals surface area contributed by atoms with Crippen LogP contribution in [0.3, 0.4) is 0 Å². The van der Waals surface area contributed by atoms with Crippen LogP contribution in [0.25, 0.3) is 0 Å². The maximum Gasteiger partial charge on any atom is 0.416 e. The second-order valence-corrected chi connectivity index (χ2v) is 4.60. The van der Waals surface area contributed by atoms with Crippen molar-refractivity contribution in [2.75, 3.05) is 0 Å². The van der Waals surface area contributed by atoms with Gasteiger partial charge in [-0.25, -0.2) is 0 Å². The van der Waals surface area contributed by atoms with E-state index < -0.39 is 23.1 Å². The Hall–Kier alpha value is -1.52. The fourth-order valence-corrected chi connectivity index (χ4v) is 1.99. The molecule has 17 heavy (non-hydrogen) atoms. The lowest BCUT2D eigenvalue weighted by molar-refractivity contribution is -0.143. The van der Waals surface area contributed by atoms with Crippen LogP contribution >= 0.6 is 0 Å². The molecule has 0 aliphatic heterocycles. The Balaban J connectivity index is 2.19. The number of carboxylic acid groups (broad SMARTS) is 1. The van der Waals surface area contributed by atoms with Gasteiger partial charge in [-0.1, -0.05) is 12.1 Å². The van der Waals surface area contributed by atoms with Crippen LogP contribution in [0.2, 0.25) is 0 Å². The highest BCUT2D eigenvalue weighted by Gasteiger charge is 2.57. The van der Waals surface area contributed by atoms with E-state index in [1.54, 1.807) is 6.92 Å². The molecule has 1 fully saturated rings. The lowest BCUT2D eigenvalue weighted by atomic mass is 10.0. The lowest BCUT2D eigenvalue weighted by Crippen LogP contribution is -2.12. The molecule has 0 amide bonds. The Kier molecular flexibility index (Phi) is 2.45. The van der Waals surface area contributed by atoms with E-state index in [1.807, 2.05) is 0 Å². The van der Waals surface area contributed by atoms with Gasteiger partial charge in [-0.15, -0.1) is 0 Å². The number of aliphatic carboxylic acids is 1. The highest BCUT2D eigenvalue weighted by atomic mass is 19.4. The number of rotatable bonds is 2. The molecule has 1 N–H and O–H groups in total. The molecule has 1 aromatic carbocycles. The number of benzene rings is 1. The zero-order chi connectivity index (χ0) is 12.8. The van der Waals surface area contributed by atoms with Gasteiger partial charge in [-0.05, 0) is 31.0 Å². The van der Waals surface area contributed by atoms with Crippen molar-refractivity contribution in [1.82, 2.24) is 0 Å². The third-order valence-electron chi connectivity index (χ3n) is 3.37. The fourth-order valence-electron chi connectivity index (χ4n) is 1.99. The van der Waals surface area contributed by atoms with Crippen LogP contribution < -0.4 is 0 Å². The molecule has 0 heterocycles.